The Kier molecular flexibility index (Phi) is 2.99. The van der Waals surface area contributed by atoms with Gasteiger partial charge in [0.2, 0.25) is 0 Å². The van der Waals surface area contributed by atoms with Gasteiger partial charge in [-0.2, -0.15) is 0 Å². The highest BCUT2D eigenvalue weighted by atomic mass is 16.2. The summed E-state index contributed by atoms with van der Waals surface area (Å²) in [6.07, 6.45) is 5.73. The predicted molar refractivity (Wildman–Crippen MR) is 62.8 cm³/mol. The van der Waals surface area contributed by atoms with Crippen molar-refractivity contribution in [1.82, 2.24) is 9.13 Å². The van der Waals surface area contributed by atoms with Crippen LogP contribution in [0.4, 0.5) is 0 Å². The average molecular weight is 222 g/mol. The lowest BCUT2D eigenvalue weighted by Crippen LogP contribution is -2.40. The van der Waals surface area contributed by atoms with E-state index >= 15 is 0 Å². The van der Waals surface area contributed by atoms with Gasteiger partial charge in [-0.3, -0.25) is 13.9 Å². The van der Waals surface area contributed by atoms with Gasteiger partial charge in [-0.1, -0.05) is 19.3 Å². The van der Waals surface area contributed by atoms with Crippen molar-refractivity contribution in [2.75, 3.05) is 0 Å². The fraction of sp³-hybridized carbons (Fsp3) is 0.667. The SMILES string of the molecule is Cc1cc(=O)n(C)c(=O)n1C1CCCCC1. The van der Waals surface area contributed by atoms with Gasteiger partial charge in [-0.15, -0.1) is 0 Å². The molecule has 0 amide bonds. The second-order valence-corrected chi connectivity index (χ2v) is 4.63. The van der Waals surface area contributed by atoms with Crippen molar-refractivity contribution in [3.8, 4) is 0 Å². The third-order valence-electron chi connectivity index (χ3n) is 3.48. The van der Waals surface area contributed by atoms with Crippen LogP contribution in [-0.4, -0.2) is 9.13 Å². The Balaban J connectivity index is 2.51. The van der Waals surface area contributed by atoms with Gasteiger partial charge in [-0.25, -0.2) is 4.79 Å². The Bertz CT molecular complexity index is 493. The van der Waals surface area contributed by atoms with Crippen molar-refractivity contribution in [3.05, 3.63) is 32.6 Å². The second-order valence-electron chi connectivity index (χ2n) is 4.63. The summed E-state index contributed by atoms with van der Waals surface area (Å²) in [5.74, 6) is 0. The molecule has 4 heteroatoms. The highest BCUT2D eigenvalue weighted by Crippen LogP contribution is 2.27. The molecule has 1 fully saturated rings. The van der Waals surface area contributed by atoms with Crippen LogP contribution in [0.2, 0.25) is 0 Å². The van der Waals surface area contributed by atoms with Gasteiger partial charge < -0.3 is 0 Å². The van der Waals surface area contributed by atoms with Gasteiger partial charge in [0.25, 0.3) is 5.56 Å². The normalized spacial score (nSPS) is 17.6. The molecular weight excluding hydrogens is 204 g/mol. The fourth-order valence-corrected chi connectivity index (χ4v) is 2.54. The van der Waals surface area contributed by atoms with Crippen LogP contribution < -0.4 is 11.2 Å². The maximum Gasteiger partial charge on any atom is 0.331 e. The zero-order chi connectivity index (χ0) is 11.7. The first-order valence-corrected chi connectivity index (χ1v) is 5.90. The van der Waals surface area contributed by atoms with Crippen LogP contribution in [0.5, 0.6) is 0 Å². The summed E-state index contributed by atoms with van der Waals surface area (Å²) in [6, 6.07) is 1.84. The largest absolute Gasteiger partial charge is 0.331 e. The first-order valence-electron chi connectivity index (χ1n) is 5.90. The zero-order valence-electron chi connectivity index (χ0n) is 9.90. The Labute approximate surface area is 94.5 Å². The number of nitrogens with zero attached hydrogens (tertiary/aromatic N) is 2. The summed E-state index contributed by atoms with van der Waals surface area (Å²) in [7, 11) is 1.55. The van der Waals surface area contributed by atoms with E-state index in [1.165, 1.54) is 23.8 Å². The lowest BCUT2D eigenvalue weighted by molar-refractivity contribution is 0.332. The van der Waals surface area contributed by atoms with E-state index in [0.717, 1.165) is 18.5 Å². The number of rotatable bonds is 1. The smallest absolute Gasteiger partial charge is 0.295 e. The van der Waals surface area contributed by atoms with Crippen molar-refractivity contribution in [3.63, 3.8) is 0 Å². The molecule has 0 aromatic carbocycles. The van der Waals surface area contributed by atoms with E-state index in [2.05, 4.69) is 0 Å². The van der Waals surface area contributed by atoms with Gasteiger partial charge in [0, 0.05) is 24.8 Å². The highest BCUT2D eigenvalue weighted by molar-refractivity contribution is 5.02. The predicted octanol–water partition coefficient (Wildman–Crippen LogP) is 1.36. The molecule has 16 heavy (non-hydrogen) atoms. The molecule has 0 bridgehead atoms. The molecule has 0 atom stereocenters. The molecule has 1 aromatic heterocycles. The summed E-state index contributed by atoms with van der Waals surface area (Å²) in [6.45, 7) is 1.84. The third kappa shape index (κ3) is 1.84. The Morgan fingerprint density at radius 1 is 1.19 bits per heavy atom. The molecule has 2 rings (SSSR count). The molecule has 1 heterocycles. The molecule has 0 radical (unpaired) electrons. The average Bonchev–Trinajstić information content (AvgIpc) is 2.28. The van der Waals surface area contributed by atoms with Gasteiger partial charge in [0.15, 0.2) is 0 Å². The van der Waals surface area contributed by atoms with Crippen molar-refractivity contribution < 1.29 is 0 Å². The monoisotopic (exact) mass is 222 g/mol. The van der Waals surface area contributed by atoms with E-state index in [4.69, 9.17) is 0 Å². The van der Waals surface area contributed by atoms with E-state index in [1.807, 2.05) is 6.92 Å². The van der Waals surface area contributed by atoms with E-state index < -0.39 is 0 Å². The van der Waals surface area contributed by atoms with Crippen LogP contribution in [0.3, 0.4) is 0 Å². The molecule has 1 aliphatic carbocycles. The van der Waals surface area contributed by atoms with Crippen LogP contribution in [0.1, 0.15) is 43.8 Å². The maximum absolute atomic E-state index is 12.0. The van der Waals surface area contributed by atoms with Gasteiger partial charge in [-0.05, 0) is 19.8 Å². The van der Waals surface area contributed by atoms with Crippen molar-refractivity contribution >= 4 is 0 Å². The van der Waals surface area contributed by atoms with Crippen molar-refractivity contribution in [2.45, 2.75) is 45.1 Å². The summed E-state index contributed by atoms with van der Waals surface area (Å²) in [4.78, 5) is 23.5. The van der Waals surface area contributed by atoms with Crippen molar-refractivity contribution in [1.29, 1.82) is 0 Å². The van der Waals surface area contributed by atoms with E-state index in [0.29, 0.717) is 0 Å². The number of aromatic nitrogens is 2. The van der Waals surface area contributed by atoms with Gasteiger partial charge in [0.05, 0.1) is 0 Å². The summed E-state index contributed by atoms with van der Waals surface area (Å²) < 4.78 is 2.99. The number of hydrogen-bond donors (Lipinski definition) is 0. The molecule has 0 aliphatic heterocycles. The highest BCUT2D eigenvalue weighted by Gasteiger charge is 2.19. The Morgan fingerprint density at radius 2 is 1.81 bits per heavy atom. The molecule has 1 aromatic rings. The zero-order valence-corrected chi connectivity index (χ0v) is 9.90. The van der Waals surface area contributed by atoms with E-state index in [-0.39, 0.29) is 17.3 Å². The topological polar surface area (TPSA) is 44.0 Å². The molecule has 1 saturated carbocycles. The Hall–Kier alpha value is -1.32. The molecule has 1 aliphatic rings. The molecule has 0 unspecified atom stereocenters. The quantitative estimate of drug-likeness (QED) is 0.720. The van der Waals surface area contributed by atoms with Crippen molar-refractivity contribution in [2.24, 2.45) is 7.05 Å². The van der Waals surface area contributed by atoms with Crippen LogP contribution in [0.25, 0.3) is 0 Å². The van der Waals surface area contributed by atoms with E-state index in [9.17, 15) is 9.59 Å². The maximum atomic E-state index is 12.0. The van der Waals surface area contributed by atoms with Crippen LogP contribution in [-0.2, 0) is 7.05 Å². The molecule has 0 spiro atoms. The lowest BCUT2D eigenvalue weighted by atomic mass is 9.95. The minimum Gasteiger partial charge on any atom is -0.295 e. The summed E-state index contributed by atoms with van der Waals surface area (Å²) >= 11 is 0. The molecule has 4 nitrogen and oxygen atoms in total. The van der Waals surface area contributed by atoms with Crippen LogP contribution in [0.15, 0.2) is 15.7 Å². The standard InChI is InChI=1S/C12H18N2O2/c1-9-8-11(15)13(2)12(16)14(9)10-6-4-3-5-7-10/h8,10H,3-7H2,1-2H3. The minimum absolute atomic E-state index is 0.170. The molecule has 88 valence electrons. The summed E-state index contributed by atoms with van der Waals surface area (Å²) in [5.41, 5.74) is 0.409. The minimum atomic E-state index is -0.213. The number of aryl methyl sites for hydroxylation is 1. The summed E-state index contributed by atoms with van der Waals surface area (Å²) in [5, 5.41) is 0. The lowest BCUT2D eigenvalue weighted by Gasteiger charge is -2.25. The van der Waals surface area contributed by atoms with Crippen LogP contribution in [0, 0.1) is 6.92 Å². The van der Waals surface area contributed by atoms with Gasteiger partial charge in [0.1, 0.15) is 0 Å². The van der Waals surface area contributed by atoms with Crippen LogP contribution >= 0.6 is 0 Å². The van der Waals surface area contributed by atoms with Gasteiger partial charge >= 0.3 is 5.69 Å². The third-order valence-corrected chi connectivity index (χ3v) is 3.48. The fourth-order valence-electron chi connectivity index (χ4n) is 2.54. The number of hydrogen-bond acceptors (Lipinski definition) is 2. The molecule has 0 N–H and O–H groups in total. The first kappa shape index (κ1) is 11.2. The van der Waals surface area contributed by atoms with E-state index in [1.54, 1.807) is 17.7 Å². The Morgan fingerprint density at radius 3 is 2.44 bits per heavy atom. The first-order chi connectivity index (χ1) is 7.61. The second kappa shape index (κ2) is 4.28. The molecule has 0 saturated heterocycles. The molecular formula is C12H18N2O2.